The standard InChI is InChI=1S/C13H14N2O/c1-8-6-11(4-5-12(8)16)13-10(3)9(2)7-14-15-13/h4-7,16H,1-3H3. The van der Waals surface area contributed by atoms with Gasteiger partial charge in [-0.25, -0.2) is 0 Å². The zero-order chi connectivity index (χ0) is 11.7. The van der Waals surface area contributed by atoms with Gasteiger partial charge in [0.15, 0.2) is 0 Å². The number of phenolic OH excluding ortho intramolecular Hbond substituents is 1. The molecule has 0 saturated heterocycles. The van der Waals surface area contributed by atoms with Crippen LogP contribution in [0.5, 0.6) is 5.75 Å². The second-order valence-electron chi connectivity index (χ2n) is 4.00. The molecule has 3 heteroatoms. The molecule has 0 saturated carbocycles. The van der Waals surface area contributed by atoms with E-state index < -0.39 is 0 Å². The SMILES string of the molecule is Cc1cc(-c2nncc(C)c2C)ccc1O. The van der Waals surface area contributed by atoms with E-state index in [-0.39, 0.29) is 0 Å². The van der Waals surface area contributed by atoms with Gasteiger partial charge < -0.3 is 5.11 Å². The van der Waals surface area contributed by atoms with Crippen LogP contribution in [0.15, 0.2) is 24.4 Å². The third-order valence-corrected chi connectivity index (χ3v) is 2.83. The van der Waals surface area contributed by atoms with Gasteiger partial charge >= 0.3 is 0 Å². The van der Waals surface area contributed by atoms with Gasteiger partial charge in [-0.3, -0.25) is 0 Å². The van der Waals surface area contributed by atoms with Crippen molar-refractivity contribution in [3.63, 3.8) is 0 Å². The molecule has 0 atom stereocenters. The number of aromatic hydroxyl groups is 1. The Morgan fingerprint density at radius 1 is 1.06 bits per heavy atom. The van der Waals surface area contributed by atoms with E-state index in [0.717, 1.165) is 27.9 Å². The highest BCUT2D eigenvalue weighted by molar-refractivity contribution is 5.65. The second kappa shape index (κ2) is 3.93. The van der Waals surface area contributed by atoms with Crippen LogP contribution in [0.3, 0.4) is 0 Å². The Morgan fingerprint density at radius 3 is 2.50 bits per heavy atom. The Labute approximate surface area is 94.8 Å². The van der Waals surface area contributed by atoms with Crippen LogP contribution in [0.4, 0.5) is 0 Å². The van der Waals surface area contributed by atoms with E-state index in [0.29, 0.717) is 5.75 Å². The molecule has 0 spiro atoms. The first-order valence-corrected chi connectivity index (χ1v) is 5.18. The van der Waals surface area contributed by atoms with Crippen molar-refractivity contribution >= 4 is 0 Å². The van der Waals surface area contributed by atoms with Crippen molar-refractivity contribution in [2.75, 3.05) is 0 Å². The Bertz CT molecular complexity index is 535. The lowest BCUT2D eigenvalue weighted by Crippen LogP contribution is -1.94. The Kier molecular flexibility index (Phi) is 2.60. The molecule has 0 unspecified atom stereocenters. The lowest BCUT2D eigenvalue weighted by Gasteiger charge is -2.07. The molecule has 82 valence electrons. The third kappa shape index (κ3) is 1.76. The quantitative estimate of drug-likeness (QED) is 0.794. The van der Waals surface area contributed by atoms with Crippen LogP contribution < -0.4 is 0 Å². The fraction of sp³-hybridized carbons (Fsp3) is 0.231. The Balaban J connectivity index is 2.59. The van der Waals surface area contributed by atoms with E-state index in [2.05, 4.69) is 10.2 Å². The Hall–Kier alpha value is -1.90. The van der Waals surface area contributed by atoms with Gasteiger partial charge in [0.25, 0.3) is 0 Å². The molecular formula is C13H14N2O. The Morgan fingerprint density at radius 2 is 1.81 bits per heavy atom. The van der Waals surface area contributed by atoms with Gasteiger partial charge in [-0.2, -0.15) is 10.2 Å². The van der Waals surface area contributed by atoms with Crippen molar-refractivity contribution in [3.8, 4) is 17.0 Å². The molecule has 2 aromatic rings. The van der Waals surface area contributed by atoms with Crippen LogP contribution in [0, 0.1) is 20.8 Å². The topological polar surface area (TPSA) is 46.0 Å². The zero-order valence-electron chi connectivity index (χ0n) is 9.65. The molecule has 16 heavy (non-hydrogen) atoms. The summed E-state index contributed by atoms with van der Waals surface area (Å²) in [5.41, 5.74) is 4.96. The zero-order valence-corrected chi connectivity index (χ0v) is 9.65. The number of phenols is 1. The summed E-state index contributed by atoms with van der Waals surface area (Å²) in [5, 5.41) is 17.6. The maximum absolute atomic E-state index is 9.48. The number of nitrogens with zero attached hydrogens (tertiary/aromatic N) is 2. The first-order chi connectivity index (χ1) is 7.59. The average Bonchev–Trinajstić information content (AvgIpc) is 2.26. The predicted octanol–water partition coefficient (Wildman–Crippen LogP) is 2.77. The smallest absolute Gasteiger partial charge is 0.118 e. The molecule has 0 aliphatic rings. The van der Waals surface area contributed by atoms with Crippen molar-refractivity contribution < 1.29 is 5.11 Å². The molecule has 2 rings (SSSR count). The summed E-state index contributed by atoms with van der Waals surface area (Å²) in [6, 6.07) is 5.47. The largest absolute Gasteiger partial charge is 0.508 e. The fourth-order valence-electron chi connectivity index (χ4n) is 1.61. The first-order valence-electron chi connectivity index (χ1n) is 5.18. The van der Waals surface area contributed by atoms with E-state index in [9.17, 15) is 5.11 Å². The normalized spacial score (nSPS) is 10.4. The number of rotatable bonds is 1. The average molecular weight is 214 g/mol. The molecule has 0 radical (unpaired) electrons. The molecule has 3 nitrogen and oxygen atoms in total. The van der Waals surface area contributed by atoms with E-state index in [4.69, 9.17) is 0 Å². The van der Waals surface area contributed by atoms with Gasteiger partial charge in [-0.05, 0) is 55.7 Å². The molecule has 0 fully saturated rings. The summed E-state index contributed by atoms with van der Waals surface area (Å²) in [4.78, 5) is 0. The summed E-state index contributed by atoms with van der Waals surface area (Å²) in [5.74, 6) is 0.307. The van der Waals surface area contributed by atoms with Crippen molar-refractivity contribution in [1.82, 2.24) is 10.2 Å². The van der Waals surface area contributed by atoms with Crippen LogP contribution in [0.2, 0.25) is 0 Å². The van der Waals surface area contributed by atoms with Crippen molar-refractivity contribution in [1.29, 1.82) is 0 Å². The molecule has 1 aromatic heterocycles. The molecule has 0 bridgehead atoms. The summed E-state index contributed by atoms with van der Waals surface area (Å²) >= 11 is 0. The molecule has 1 heterocycles. The molecule has 0 aliphatic carbocycles. The lowest BCUT2D eigenvalue weighted by atomic mass is 10.0. The third-order valence-electron chi connectivity index (χ3n) is 2.83. The second-order valence-corrected chi connectivity index (χ2v) is 4.00. The molecule has 0 aliphatic heterocycles. The molecular weight excluding hydrogens is 200 g/mol. The van der Waals surface area contributed by atoms with E-state index in [1.807, 2.05) is 32.9 Å². The summed E-state index contributed by atoms with van der Waals surface area (Å²) in [7, 11) is 0. The van der Waals surface area contributed by atoms with Crippen molar-refractivity contribution in [3.05, 3.63) is 41.1 Å². The van der Waals surface area contributed by atoms with E-state index in [1.54, 1.807) is 12.3 Å². The van der Waals surface area contributed by atoms with Gasteiger partial charge in [-0.15, -0.1) is 0 Å². The number of aryl methyl sites for hydroxylation is 2. The number of hydrogen-bond donors (Lipinski definition) is 1. The highest BCUT2D eigenvalue weighted by Gasteiger charge is 2.07. The van der Waals surface area contributed by atoms with Crippen LogP contribution in [0.25, 0.3) is 11.3 Å². The van der Waals surface area contributed by atoms with Crippen LogP contribution in [-0.2, 0) is 0 Å². The maximum Gasteiger partial charge on any atom is 0.118 e. The summed E-state index contributed by atoms with van der Waals surface area (Å²) in [6.07, 6.45) is 1.76. The van der Waals surface area contributed by atoms with Crippen LogP contribution in [-0.4, -0.2) is 15.3 Å². The number of aromatic nitrogens is 2. The minimum atomic E-state index is 0.307. The van der Waals surface area contributed by atoms with E-state index in [1.165, 1.54) is 0 Å². The van der Waals surface area contributed by atoms with Crippen molar-refractivity contribution in [2.24, 2.45) is 0 Å². The molecule has 1 N–H and O–H groups in total. The number of hydrogen-bond acceptors (Lipinski definition) is 3. The van der Waals surface area contributed by atoms with Crippen LogP contribution >= 0.6 is 0 Å². The van der Waals surface area contributed by atoms with Crippen LogP contribution in [0.1, 0.15) is 16.7 Å². The lowest BCUT2D eigenvalue weighted by molar-refractivity contribution is 0.471. The highest BCUT2D eigenvalue weighted by Crippen LogP contribution is 2.26. The van der Waals surface area contributed by atoms with Gasteiger partial charge in [0, 0.05) is 5.56 Å². The van der Waals surface area contributed by atoms with Gasteiger partial charge in [0.1, 0.15) is 5.75 Å². The van der Waals surface area contributed by atoms with Gasteiger partial charge in [0.2, 0.25) is 0 Å². The molecule has 1 aromatic carbocycles. The maximum atomic E-state index is 9.48. The van der Waals surface area contributed by atoms with Crippen molar-refractivity contribution in [2.45, 2.75) is 20.8 Å². The number of benzene rings is 1. The highest BCUT2D eigenvalue weighted by atomic mass is 16.3. The predicted molar refractivity (Wildman–Crippen MR) is 63.3 cm³/mol. The minimum Gasteiger partial charge on any atom is -0.508 e. The fourth-order valence-corrected chi connectivity index (χ4v) is 1.61. The van der Waals surface area contributed by atoms with Gasteiger partial charge in [-0.1, -0.05) is 0 Å². The minimum absolute atomic E-state index is 0.307. The molecule has 0 amide bonds. The van der Waals surface area contributed by atoms with E-state index >= 15 is 0 Å². The first kappa shape index (κ1) is 10.6. The summed E-state index contributed by atoms with van der Waals surface area (Å²) < 4.78 is 0. The monoisotopic (exact) mass is 214 g/mol. The summed E-state index contributed by atoms with van der Waals surface area (Å²) in [6.45, 7) is 5.92. The van der Waals surface area contributed by atoms with Gasteiger partial charge in [0.05, 0.1) is 11.9 Å².